The SMILES string of the molecule is FC(F)(F)c1cc(N(c2ccccc2)c2cccc3c2oc2c(-c4ccccc4)cc4ccccc4c23)c2ccc3c(C(F)(F)F)cc(N(c4ccccc4)c4cccc5c4oc4c(-c6ccccc6)cc6ccccc6c45)c4ccc1c2c43. The molecule has 0 aliphatic carbocycles. The second-order valence-electron chi connectivity index (χ2n) is 21.2. The Balaban J connectivity index is 1.01. The lowest BCUT2D eigenvalue weighted by Crippen LogP contribution is -2.15. The van der Waals surface area contributed by atoms with Crippen LogP contribution in [0.3, 0.4) is 0 Å². The van der Waals surface area contributed by atoms with Gasteiger partial charge in [0.05, 0.1) is 33.9 Å². The van der Waals surface area contributed by atoms with Crippen molar-refractivity contribution in [3.05, 3.63) is 266 Å². The van der Waals surface area contributed by atoms with Crippen LogP contribution in [0.5, 0.6) is 0 Å². The van der Waals surface area contributed by atoms with Crippen LogP contribution < -0.4 is 9.80 Å². The first kappa shape index (κ1) is 49.3. The number of rotatable bonds is 8. The van der Waals surface area contributed by atoms with Crippen LogP contribution in [0.25, 0.3) is 120 Å². The Labute approximate surface area is 475 Å². The molecule has 0 unspecified atom stereocenters. The number of benzene rings is 14. The van der Waals surface area contributed by atoms with E-state index in [2.05, 4.69) is 12.1 Å². The average molecular weight is 1110 g/mol. The van der Waals surface area contributed by atoms with Crippen molar-refractivity contribution in [3.63, 3.8) is 0 Å². The zero-order chi connectivity index (χ0) is 56.6. The number of para-hydroxylation sites is 4. The number of fused-ring (bicyclic) bond motifs is 10. The summed E-state index contributed by atoms with van der Waals surface area (Å²) in [5.41, 5.74) is 5.51. The van der Waals surface area contributed by atoms with Crippen LogP contribution in [0.2, 0.25) is 0 Å². The van der Waals surface area contributed by atoms with Crippen molar-refractivity contribution in [2.75, 3.05) is 9.80 Å². The molecule has 4 nitrogen and oxygen atoms in total. The molecular weight excluding hydrogens is 1060 g/mol. The molecule has 0 aliphatic rings. The summed E-state index contributed by atoms with van der Waals surface area (Å²) in [7, 11) is 0. The minimum atomic E-state index is -4.97. The van der Waals surface area contributed by atoms with Crippen LogP contribution in [0.4, 0.5) is 60.5 Å². The van der Waals surface area contributed by atoms with Crippen LogP contribution in [0.15, 0.2) is 264 Å². The minimum Gasteiger partial charge on any atom is -0.453 e. The predicted molar refractivity (Wildman–Crippen MR) is 330 cm³/mol. The van der Waals surface area contributed by atoms with E-state index in [1.165, 1.54) is 24.3 Å². The number of hydrogen-bond acceptors (Lipinski definition) is 4. The second kappa shape index (κ2) is 18.5. The molecule has 84 heavy (non-hydrogen) atoms. The second-order valence-corrected chi connectivity index (χ2v) is 21.2. The highest BCUT2D eigenvalue weighted by Gasteiger charge is 2.39. The van der Waals surface area contributed by atoms with Gasteiger partial charge >= 0.3 is 12.4 Å². The fraction of sp³-hybridized carbons (Fsp3) is 0.0270. The summed E-state index contributed by atoms with van der Waals surface area (Å²) in [5.74, 6) is 0. The third-order valence-electron chi connectivity index (χ3n) is 16.6. The summed E-state index contributed by atoms with van der Waals surface area (Å²) in [6.07, 6.45) is -9.94. The molecule has 0 saturated carbocycles. The maximum atomic E-state index is 16.3. The van der Waals surface area contributed by atoms with Crippen LogP contribution in [0.1, 0.15) is 11.1 Å². The van der Waals surface area contributed by atoms with Gasteiger partial charge in [-0.3, -0.25) is 0 Å². The number of nitrogens with zero attached hydrogens (tertiary/aromatic N) is 2. The molecule has 2 heterocycles. The maximum Gasteiger partial charge on any atom is 0.417 e. The van der Waals surface area contributed by atoms with Gasteiger partial charge in [-0.25, -0.2) is 0 Å². The molecule has 0 amide bonds. The van der Waals surface area contributed by atoms with Crippen molar-refractivity contribution < 1.29 is 35.2 Å². The first-order chi connectivity index (χ1) is 41.0. The zero-order valence-electron chi connectivity index (χ0n) is 44.2. The molecular formula is C74H42F6N2O2. The fourth-order valence-electron chi connectivity index (χ4n) is 13.0. The number of anilines is 6. The number of halogens is 6. The van der Waals surface area contributed by atoms with Crippen LogP contribution in [-0.2, 0) is 12.4 Å². The Morgan fingerprint density at radius 1 is 0.262 bits per heavy atom. The molecule has 0 saturated heterocycles. The van der Waals surface area contributed by atoms with Gasteiger partial charge in [0.25, 0.3) is 0 Å². The van der Waals surface area contributed by atoms with Gasteiger partial charge in [-0.15, -0.1) is 0 Å². The van der Waals surface area contributed by atoms with Crippen molar-refractivity contribution >= 4 is 132 Å². The smallest absolute Gasteiger partial charge is 0.417 e. The zero-order valence-corrected chi connectivity index (χ0v) is 44.2. The van der Waals surface area contributed by atoms with Gasteiger partial charge in [-0.2, -0.15) is 26.3 Å². The Morgan fingerprint density at radius 3 is 1.00 bits per heavy atom. The van der Waals surface area contributed by atoms with Crippen LogP contribution in [-0.4, -0.2) is 0 Å². The van der Waals surface area contributed by atoms with E-state index in [0.29, 0.717) is 55.9 Å². The minimum absolute atomic E-state index is 0.0196. The molecule has 0 bridgehead atoms. The van der Waals surface area contributed by atoms with Gasteiger partial charge in [0, 0.05) is 65.6 Å². The van der Waals surface area contributed by atoms with Gasteiger partial charge in [0.1, 0.15) is 11.2 Å². The molecule has 0 atom stereocenters. The summed E-state index contributed by atoms with van der Waals surface area (Å²) in [4.78, 5) is 3.49. The maximum absolute atomic E-state index is 16.3. The van der Waals surface area contributed by atoms with E-state index < -0.39 is 23.5 Å². The topological polar surface area (TPSA) is 32.8 Å². The van der Waals surface area contributed by atoms with E-state index in [1.807, 2.05) is 158 Å². The summed E-state index contributed by atoms with van der Waals surface area (Å²) >= 11 is 0. The van der Waals surface area contributed by atoms with Gasteiger partial charge in [-0.1, -0.05) is 194 Å². The van der Waals surface area contributed by atoms with Crippen molar-refractivity contribution in [1.29, 1.82) is 0 Å². The largest absolute Gasteiger partial charge is 0.453 e. The molecule has 16 rings (SSSR count). The van der Waals surface area contributed by atoms with E-state index in [-0.39, 0.29) is 32.9 Å². The van der Waals surface area contributed by atoms with Crippen LogP contribution in [0, 0.1) is 0 Å². The third-order valence-corrected chi connectivity index (χ3v) is 16.6. The summed E-state index contributed by atoms with van der Waals surface area (Å²) in [5, 5.41) is 7.07. The number of alkyl halides is 6. The molecule has 14 aromatic carbocycles. The summed E-state index contributed by atoms with van der Waals surface area (Å²) in [6.45, 7) is 0. The lowest BCUT2D eigenvalue weighted by atomic mass is 9.87. The van der Waals surface area contributed by atoms with Gasteiger partial charge in [0.2, 0.25) is 0 Å². The third kappa shape index (κ3) is 7.49. The highest BCUT2D eigenvalue weighted by Crippen LogP contribution is 2.56. The molecule has 0 aliphatic heterocycles. The Bertz CT molecular complexity index is 4960. The van der Waals surface area contributed by atoms with Crippen molar-refractivity contribution in [2.45, 2.75) is 12.4 Å². The van der Waals surface area contributed by atoms with E-state index in [1.54, 1.807) is 58.3 Å². The molecule has 0 N–H and O–H groups in total. The van der Waals surface area contributed by atoms with Gasteiger partial charge in [0.15, 0.2) is 11.2 Å². The van der Waals surface area contributed by atoms with Crippen LogP contribution >= 0.6 is 0 Å². The predicted octanol–water partition coefficient (Wildman–Crippen LogP) is 23.0. The first-order valence-corrected chi connectivity index (χ1v) is 27.5. The van der Waals surface area contributed by atoms with E-state index in [4.69, 9.17) is 8.83 Å². The summed E-state index contributed by atoms with van der Waals surface area (Å²) in [6, 6.07) is 77.4. The molecule has 0 fully saturated rings. The summed E-state index contributed by atoms with van der Waals surface area (Å²) < 4.78 is 112. The quantitative estimate of drug-likeness (QED) is 0.112. The monoisotopic (exact) mass is 1100 g/mol. The molecule has 0 radical (unpaired) electrons. The van der Waals surface area contributed by atoms with Crippen molar-refractivity contribution in [1.82, 2.24) is 0 Å². The highest BCUT2D eigenvalue weighted by atomic mass is 19.4. The number of hydrogen-bond donors (Lipinski definition) is 0. The lowest BCUT2D eigenvalue weighted by molar-refractivity contribution is -0.137. The van der Waals surface area contributed by atoms with Crippen molar-refractivity contribution in [3.8, 4) is 22.3 Å². The van der Waals surface area contributed by atoms with Gasteiger partial charge in [-0.05, 0) is 104 Å². The highest BCUT2D eigenvalue weighted by molar-refractivity contribution is 6.31. The van der Waals surface area contributed by atoms with Crippen molar-refractivity contribution in [2.24, 2.45) is 0 Å². The van der Waals surface area contributed by atoms with E-state index in [9.17, 15) is 0 Å². The molecule has 402 valence electrons. The molecule has 0 spiro atoms. The first-order valence-electron chi connectivity index (χ1n) is 27.5. The molecule has 16 aromatic rings. The molecule has 10 heteroatoms. The Kier molecular flexibility index (Phi) is 10.8. The average Bonchev–Trinajstić information content (AvgIpc) is 0.958. The van der Waals surface area contributed by atoms with Gasteiger partial charge < -0.3 is 18.6 Å². The van der Waals surface area contributed by atoms with E-state index >= 15 is 26.3 Å². The molecule has 2 aromatic heterocycles. The lowest BCUT2D eigenvalue weighted by Gasteiger charge is -2.31. The van der Waals surface area contributed by atoms with E-state index in [0.717, 1.165) is 77.5 Å². The number of furan rings is 2. The Morgan fingerprint density at radius 2 is 0.607 bits per heavy atom. The fourth-order valence-corrected chi connectivity index (χ4v) is 13.0. The Hall–Kier alpha value is -10.6. The normalized spacial score (nSPS) is 12.4. The standard InChI is InChI=1S/C74H42F6N2O2/c75-73(76,77)59-41-63(81(47-25-9-3-10-26-47)61-33-17-31-55-67-49-29-15-13-23-45(49)39-57(71(67)83-69(55)61)43-19-5-1-6-20-43)53-37-35-52-60(74(78,79)80)42-64(54-38-36-51(59)65(53)66(52)54)82(48-27-11-4-12-28-48)62-34-18-32-56-68-50-30-16-14-24-46(50)40-58(72(68)84-70(56)62)44-21-7-2-8-22-44/h1-42H.